The van der Waals surface area contributed by atoms with Gasteiger partial charge in [-0.15, -0.1) is 0 Å². The first-order valence-corrected chi connectivity index (χ1v) is 8.59. The number of nitrogens with zero attached hydrogens (tertiary/aromatic N) is 1. The van der Waals surface area contributed by atoms with Gasteiger partial charge in [-0.1, -0.05) is 27.5 Å². The Labute approximate surface area is 140 Å². The Morgan fingerprint density at radius 1 is 1.52 bits per heavy atom. The summed E-state index contributed by atoms with van der Waals surface area (Å²) in [5.41, 5.74) is 0.517. The van der Waals surface area contributed by atoms with Crippen LogP contribution in [0.15, 0.2) is 22.7 Å². The number of carboxylic acid groups (broad SMARTS) is 1. The van der Waals surface area contributed by atoms with Gasteiger partial charge >= 0.3 is 5.97 Å². The Bertz CT molecular complexity index is 558. The van der Waals surface area contributed by atoms with Gasteiger partial charge in [-0.3, -0.25) is 14.5 Å². The summed E-state index contributed by atoms with van der Waals surface area (Å²) in [7, 11) is 0. The van der Waals surface area contributed by atoms with Gasteiger partial charge in [0.1, 0.15) is 6.04 Å². The molecule has 114 valence electrons. The Balaban J connectivity index is 1.98. The largest absolute Gasteiger partial charge is 0.480 e. The van der Waals surface area contributed by atoms with Gasteiger partial charge in [0.2, 0.25) is 5.91 Å². The minimum absolute atomic E-state index is 0.0456. The number of hydrogen-bond donors (Lipinski definition) is 2. The van der Waals surface area contributed by atoms with Crippen molar-refractivity contribution in [1.82, 2.24) is 4.90 Å². The Morgan fingerprint density at radius 2 is 2.29 bits per heavy atom. The maximum atomic E-state index is 12.1. The van der Waals surface area contributed by atoms with E-state index in [0.29, 0.717) is 23.0 Å². The van der Waals surface area contributed by atoms with Gasteiger partial charge < -0.3 is 10.4 Å². The van der Waals surface area contributed by atoms with Crippen LogP contribution >= 0.6 is 39.3 Å². The third-order valence-corrected chi connectivity index (χ3v) is 4.90. The minimum atomic E-state index is -0.892. The molecule has 1 saturated heterocycles. The van der Waals surface area contributed by atoms with E-state index in [1.165, 1.54) is 0 Å². The van der Waals surface area contributed by atoms with Crippen molar-refractivity contribution in [3.63, 3.8) is 0 Å². The SMILES string of the molecule is O=C(CN1CCSCC1C(=O)O)Nc1ccc(Br)cc1Cl. The van der Waals surface area contributed by atoms with Crippen LogP contribution in [-0.2, 0) is 9.59 Å². The van der Waals surface area contributed by atoms with Crippen LogP contribution in [0.3, 0.4) is 0 Å². The highest BCUT2D eigenvalue weighted by Gasteiger charge is 2.30. The number of thioether (sulfide) groups is 1. The molecular formula is C13H14BrClN2O3S. The summed E-state index contributed by atoms with van der Waals surface area (Å²) in [6, 6.07) is 4.55. The molecule has 1 fully saturated rings. The lowest BCUT2D eigenvalue weighted by atomic mass is 10.2. The highest BCUT2D eigenvalue weighted by Crippen LogP contribution is 2.25. The molecule has 1 aliphatic heterocycles. The highest BCUT2D eigenvalue weighted by molar-refractivity contribution is 9.10. The number of nitrogens with one attached hydrogen (secondary N) is 1. The molecule has 0 aliphatic carbocycles. The lowest BCUT2D eigenvalue weighted by Gasteiger charge is -2.31. The maximum Gasteiger partial charge on any atom is 0.321 e. The number of anilines is 1. The van der Waals surface area contributed by atoms with Crippen molar-refractivity contribution in [2.24, 2.45) is 0 Å². The maximum absolute atomic E-state index is 12.1. The van der Waals surface area contributed by atoms with Crippen molar-refractivity contribution >= 4 is 56.9 Å². The van der Waals surface area contributed by atoms with Crippen molar-refractivity contribution in [3.05, 3.63) is 27.7 Å². The molecule has 8 heteroatoms. The van der Waals surface area contributed by atoms with Crippen LogP contribution in [0.1, 0.15) is 0 Å². The second-order valence-corrected chi connectivity index (χ2v) is 7.04. The number of benzene rings is 1. The van der Waals surface area contributed by atoms with Crippen LogP contribution < -0.4 is 5.32 Å². The molecule has 21 heavy (non-hydrogen) atoms. The van der Waals surface area contributed by atoms with Crippen LogP contribution in [0.2, 0.25) is 5.02 Å². The van der Waals surface area contributed by atoms with Gasteiger partial charge in [0.25, 0.3) is 0 Å². The zero-order chi connectivity index (χ0) is 15.4. The third kappa shape index (κ3) is 4.60. The summed E-state index contributed by atoms with van der Waals surface area (Å²) in [4.78, 5) is 24.9. The molecule has 2 N–H and O–H groups in total. The van der Waals surface area contributed by atoms with E-state index in [9.17, 15) is 14.7 Å². The predicted octanol–water partition coefficient (Wildman–Crippen LogP) is 2.54. The number of rotatable bonds is 4. The van der Waals surface area contributed by atoms with Gasteiger partial charge in [0.15, 0.2) is 0 Å². The molecule has 1 atom stereocenters. The second kappa shape index (κ2) is 7.49. The van der Waals surface area contributed by atoms with Crippen LogP contribution in [-0.4, -0.2) is 52.5 Å². The first kappa shape index (κ1) is 16.6. The lowest BCUT2D eigenvalue weighted by Crippen LogP contribution is -2.50. The fourth-order valence-corrected chi connectivity index (χ4v) is 3.85. The Morgan fingerprint density at radius 3 is 2.95 bits per heavy atom. The summed E-state index contributed by atoms with van der Waals surface area (Å²) in [6.45, 7) is 0.632. The van der Waals surface area contributed by atoms with Gasteiger partial charge in [-0.25, -0.2) is 0 Å². The number of hydrogen-bond acceptors (Lipinski definition) is 4. The Kier molecular flexibility index (Phi) is 5.92. The molecular weight excluding hydrogens is 380 g/mol. The molecule has 1 aromatic carbocycles. The average molecular weight is 394 g/mol. The van der Waals surface area contributed by atoms with E-state index in [0.717, 1.165) is 10.2 Å². The van der Waals surface area contributed by atoms with Crippen LogP contribution in [0.5, 0.6) is 0 Å². The fourth-order valence-electron chi connectivity index (χ4n) is 2.02. The number of carbonyl (C=O) groups excluding carboxylic acids is 1. The standard InChI is InChI=1S/C13H14BrClN2O3S/c14-8-1-2-10(9(15)5-8)16-12(18)6-17-3-4-21-7-11(17)13(19)20/h1-2,5,11H,3-4,6-7H2,(H,16,18)(H,19,20). The molecule has 1 amide bonds. The third-order valence-electron chi connectivity index (χ3n) is 3.08. The zero-order valence-corrected chi connectivity index (χ0v) is 14.2. The second-order valence-electron chi connectivity index (χ2n) is 4.57. The predicted molar refractivity (Wildman–Crippen MR) is 88.1 cm³/mol. The van der Waals surface area contributed by atoms with E-state index in [1.807, 2.05) is 0 Å². The van der Waals surface area contributed by atoms with Crippen LogP contribution in [0.4, 0.5) is 5.69 Å². The van der Waals surface area contributed by atoms with E-state index in [-0.39, 0.29) is 12.5 Å². The minimum Gasteiger partial charge on any atom is -0.480 e. The molecule has 2 rings (SSSR count). The molecule has 1 unspecified atom stereocenters. The van der Waals surface area contributed by atoms with E-state index in [4.69, 9.17) is 11.6 Å². The number of amides is 1. The molecule has 0 bridgehead atoms. The van der Waals surface area contributed by atoms with Gasteiger partial charge in [0, 0.05) is 22.5 Å². The highest BCUT2D eigenvalue weighted by atomic mass is 79.9. The summed E-state index contributed by atoms with van der Waals surface area (Å²) in [5.74, 6) is 0.173. The van der Waals surface area contributed by atoms with E-state index in [1.54, 1.807) is 34.9 Å². The van der Waals surface area contributed by atoms with Gasteiger partial charge in [-0.05, 0) is 18.2 Å². The molecule has 0 saturated carbocycles. The van der Waals surface area contributed by atoms with Crippen molar-refractivity contribution in [3.8, 4) is 0 Å². The number of halogens is 2. The van der Waals surface area contributed by atoms with Gasteiger partial charge in [0.05, 0.1) is 17.3 Å². The first-order chi connectivity index (χ1) is 9.97. The summed E-state index contributed by atoms with van der Waals surface area (Å²) < 4.78 is 0.824. The van der Waals surface area contributed by atoms with Crippen molar-refractivity contribution in [2.45, 2.75) is 6.04 Å². The molecule has 5 nitrogen and oxygen atoms in total. The first-order valence-electron chi connectivity index (χ1n) is 6.27. The normalized spacial score (nSPS) is 19.2. The van der Waals surface area contributed by atoms with Crippen molar-refractivity contribution in [1.29, 1.82) is 0 Å². The zero-order valence-electron chi connectivity index (χ0n) is 11.0. The van der Waals surface area contributed by atoms with E-state index < -0.39 is 12.0 Å². The number of carboxylic acids is 1. The van der Waals surface area contributed by atoms with Crippen molar-refractivity contribution < 1.29 is 14.7 Å². The smallest absolute Gasteiger partial charge is 0.321 e. The lowest BCUT2D eigenvalue weighted by molar-refractivity contribution is -0.142. The molecule has 1 heterocycles. The topological polar surface area (TPSA) is 69.6 Å². The summed E-state index contributed by atoms with van der Waals surface area (Å²) in [5, 5.41) is 12.3. The number of aliphatic carboxylic acids is 1. The average Bonchev–Trinajstić information content (AvgIpc) is 2.42. The fraction of sp³-hybridized carbons (Fsp3) is 0.385. The van der Waals surface area contributed by atoms with Crippen LogP contribution in [0.25, 0.3) is 0 Å². The van der Waals surface area contributed by atoms with E-state index >= 15 is 0 Å². The summed E-state index contributed by atoms with van der Waals surface area (Å²) in [6.07, 6.45) is 0. The quantitative estimate of drug-likeness (QED) is 0.823. The van der Waals surface area contributed by atoms with Crippen molar-refractivity contribution in [2.75, 3.05) is 29.9 Å². The molecule has 1 aliphatic rings. The molecule has 0 spiro atoms. The monoisotopic (exact) mass is 392 g/mol. The van der Waals surface area contributed by atoms with E-state index in [2.05, 4.69) is 21.2 Å². The van der Waals surface area contributed by atoms with Crippen LogP contribution in [0, 0.1) is 0 Å². The Hall–Kier alpha value is -0.760. The molecule has 0 aromatic heterocycles. The summed E-state index contributed by atoms with van der Waals surface area (Å²) >= 11 is 10.9. The van der Waals surface area contributed by atoms with Gasteiger partial charge in [-0.2, -0.15) is 11.8 Å². The molecule has 0 radical (unpaired) electrons. The number of carbonyl (C=O) groups is 2. The molecule has 1 aromatic rings.